The summed E-state index contributed by atoms with van der Waals surface area (Å²) in [5, 5.41) is 14.1. The number of benzene rings is 8. The lowest BCUT2D eigenvalue weighted by molar-refractivity contribution is 1.43. The molecule has 1 nitrogen and oxygen atoms in total. The third-order valence-corrected chi connectivity index (χ3v) is 10.6. The van der Waals surface area contributed by atoms with Gasteiger partial charge in [0.25, 0.3) is 0 Å². The van der Waals surface area contributed by atoms with Crippen LogP contribution in [0.2, 0.25) is 0 Å². The smallest absolute Gasteiger partial charge is 0.0788 e. The van der Waals surface area contributed by atoms with Gasteiger partial charge in [0.15, 0.2) is 0 Å². The number of nitrogens with zero attached hydrogens (tertiary/aromatic N) is 1. The Balaban J connectivity index is 1.28. The molecule has 0 atom stereocenters. The van der Waals surface area contributed by atoms with Crippen molar-refractivity contribution in [2.45, 2.75) is 0 Å². The summed E-state index contributed by atoms with van der Waals surface area (Å²) in [6.45, 7) is 0. The Hall–Kier alpha value is -5.57. The van der Waals surface area contributed by atoms with E-state index in [1.165, 1.54) is 79.8 Å². The standard InChI is InChI=1S/C43H25NS/c1-2-10-26(11-3-1)43-35-21-23-40-42(41(35)34-16-8-9-17-38(34)44-43)37-25-28(19-22-39(37)45-40)27-18-20-33-31-14-5-4-12-29(31)30-13-6-7-15-32(30)36(33)24-27/h1-25H. The summed E-state index contributed by atoms with van der Waals surface area (Å²) in [6, 6.07) is 55.4. The largest absolute Gasteiger partial charge is 0.247 e. The SMILES string of the molecule is c1ccc(-c2nc3ccccc3c3c2ccc2sc4ccc(-c5ccc6c7ccccc7c7ccccc7c6c5)cc4c23)cc1. The zero-order chi connectivity index (χ0) is 29.5. The minimum Gasteiger partial charge on any atom is -0.247 e. The molecule has 0 N–H and O–H groups in total. The number of pyridine rings is 1. The molecular weight excluding hydrogens is 563 g/mol. The van der Waals surface area contributed by atoms with Crippen molar-refractivity contribution < 1.29 is 0 Å². The van der Waals surface area contributed by atoms with Gasteiger partial charge in [0.1, 0.15) is 0 Å². The van der Waals surface area contributed by atoms with Crippen molar-refractivity contribution in [2.75, 3.05) is 0 Å². The summed E-state index contributed by atoms with van der Waals surface area (Å²) in [6.07, 6.45) is 0. The molecule has 0 aliphatic rings. The topological polar surface area (TPSA) is 12.9 Å². The van der Waals surface area contributed by atoms with Crippen LogP contribution in [-0.2, 0) is 0 Å². The van der Waals surface area contributed by atoms with Crippen molar-refractivity contribution in [1.82, 2.24) is 4.98 Å². The molecule has 208 valence electrons. The second-order valence-electron chi connectivity index (χ2n) is 11.9. The fourth-order valence-corrected chi connectivity index (χ4v) is 8.49. The van der Waals surface area contributed by atoms with Crippen LogP contribution in [0.15, 0.2) is 152 Å². The molecule has 2 heterocycles. The lowest BCUT2D eigenvalue weighted by atomic mass is 9.91. The van der Waals surface area contributed by atoms with Crippen LogP contribution in [0, 0.1) is 0 Å². The zero-order valence-corrected chi connectivity index (χ0v) is 25.1. The van der Waals surface area contributed by atoms with E-state index in [-0.39, 0.29) is 0 Å². The molecule has 0 bridgehead atoms. The molecule has 0 fully saturated rings. The van der Waals surface area contributed by atoms with E-state index in [0.29, 0.717) is 0 Å². The minimum atomic E-state index is 1.03. The van der Waals surface area contributed by atoms with Crippen molar-refractivity contribution in [3.63, 3.8) is 0 Å². The van der Waals surface area contributed by atoms with Gasteiger partial charge in [0.05, 0.1) is 11.2 Å². The number of aromatic nitrogens is 1. The molecule has 8 aromatic carbocycles. The monoisotopic (exact) mass is 587 g/mol. The Kier molecular flexibility index (Phi) is 5.22. The Morgan fingerprint density at radius 3 is 1.60 bits per heavy atom. The average Bonchev–Trinajstić information content (AvgIpc) is 3.50. The van der Waals surface area contributed by atoms with E-state index in [9.17, 15) is 0 Å². The molecule has 0 aliphatic carbocycles. The van der Waals surface area contributed by atoms with E-state index in [4.69, 9.17) is 4.98 Å². The van der Waals surface area contributed by atoms with E-state index in [2.05, 4.69) is 152 Å². The second-order valence-corrected chi connectivity index (χ2v) is 13.0. The van der Waals surface area contributed by atoms with E-state index >= 15 is 0 Å². The molecule has 0 unspecified atom stereocenters. The molecule has 45 heavy (non-hydrogen) atoms. The van der Waals surface area contributed by atoms with E-state index in [1.54, 1.807) is 0 Å². The lowest BCUT2D eigenvalue weighted by Gasteiger charge is -2.13. The van der Waals surface area contributed by atoms with Crippen LogP contribution in [-0.4, -0.2) is 4.98 Å². The fraction of sp³-hybridized carbons (Fsp3) is 0. The molecule has 2 aromatic heterocycles. The first-order valence-electron chi connectivity index (χ1n) is 15.4. The van der Waals surface area contributed by atoms with Gasteiger partial charge in [-0.3, -0.25) is 0 Å². The number of fused-ring (bicyclic) bond motifs is 13. The van der Waals surface area contributed by atoms with Gasteiger partial charge in [-0.25, -0.2) is 4.98 Å². The second kappa shape index (κ2) is 9.46. The first-order chi connectivity index (χ1) is 22.3. The van der Waals surface area contributed by atoms with Crippen LogP contribution in [0.25, 0.3) is 96.5 Å². The third-order valence-electron chi connectivity index (χ3n) is 9.42. The van der Waals surface area contributed by atoms with E-state index < -0.39 is 0 Å². The highest BCUT2D eigenvalue weighted by atomic mass is 32.1. The Morgan fingerprint density at radius 1 is 0.333 bits per heavy atom. The summed E-state index contributed by atoms with van der Waals surface area (Å²) in [5.41, 5.74) is 5.68. The number of para-hydroxylation sites is 1. The molecule has 0 aliphatic heterocycles. The molecule has 10 aromatic rings. The van der Waals surface area contributed by atoms with Crippen molar-refractivity contribution in [3.05, 3.63) is 152 Å². The minimum absolute atomic E-state index is 1.03. The summed E-state index contributed by atoms with van der Waals surface area (Å²) in [5.74, 6) is 0. The first-order valence-corrected chi connectivity index (χ1v) is 16.2. The predicted octanol–water partition coefficient (Wildman–Crippen LogP) is 12.5. The van der Waals surface area contributed by atoms with Crippen molar-refractivity contribution in [2.24, 2.45) is 0 Å². The van der Waals surface area contributed by atoms with Gasteiger partial charge in [-0.2, -0.15) is 0 Å². The van der Waals surface area contributed by atoms with Crippen LogP contribution in [0.3, 0.4) is 0 Å². The molecular formula is C43H25NS. The maximum absolute atomic E-state index is 5.19. The van der Waals surface area contributed by atoms with Crippen LogP contribution in [0.1, 0.15) is 0 Å². The van der Waals surface area contributed by atoms with Crippen LogP contribution >= 0.6 is 11.3 Å². The van der Waals surface area contributed by atoms with E-state index in [1.807, 2.05) is 11.3 Å². The number of rotatable bonds is 2. The number of thiophene rings is 1. The van der Waals surface area contributed by atoms with Gasteiger partial charge in [0, 0.05) is 41.9 Å². The van der Waals surface area contributed by atoms with Gasteiger partial charge < -0.3 is 0 Å². The Labute approximate surface area is 263 Å². The molecule has 0 saturated heterocycles. The summed E-state index contributed by atoms with van der Waals surface area (Å²) < 4.78 is 2.61. The highest BCUT2D eigenvalue weighted by molar-refractivity contribution is 7.26. The molecule has 0 radical (unpaired) electrons. The fourth-order valence-electron chi connectivity index (χ4n) is 7.39. The third kappa shape index (κ3) is 3.64. The summed E-state index contributed by atoms with van der Waals surface area (Å²) in [4.78, 5) is 5.19. The van der Waals surface area contributed by atoms with Gasteiger partial charge in [-0.05, 0) is 73.8 Å². The molecule has 0 amide bonds. The Morgan fingerprint density at radius 2 is 0.867 bits per heavy atom. The average molecular weight is 588 g/mol. The van der Waals surface area contributed by atoms with Crippen LogP contribution in [0.5, 0.6) is 0 Å². The van der Waals surface area contributed by atoms with Gasteiger partial charge in [-0.15, -0.1) is 11.3 Å². The van der Waals surface area contributed by atoms with Gasteiger partial charge >= 0.3 is 0 Å². The Bertz CT molecular complexity index is 2770. The number of hydrogen-bond donors (Lipinski definition) is 0. The molecule has 10 rings (SSSR count). The highest BCUT2D eigenvalue weighted by Gasteiger charge is 2.17. The quantitative estimate of drug-likeness (QED) is 0.183. The lowest BCUT2D eigenvalue weighted by Crippen LogP contribution is -1.90. The van der Waals surface area contributed by atoms with E-state index in [0.717, 1.165) is 16.8 Å². The molecule has 0 spiro atoms. The predicted molar refractivity (Wildman–Crippen MR) is 196 cm³/mol. The maximum atomic E-state index is 5.19. The van der Waals surface area contributed by atoms with Crippen molar-refractivity contribution >= 4 is 85.5 Å². The normalized spacial score (nSPS) is 12.0. The number of hydrogen-bond acceptors (Lipinski definition) is 2. The van der Waals surface area contributed by atoms with Crippen molar-refractivity contribution in [1.29, 1.82) is 0 Å². The maximum Gasteiger partial charge on any atom is 0.0788 e. The first kappa shape index (κ1) is 24.8. The van der Waals surface area contributed by atoms with Crippen LogP contribution in [0.4, 0.5) is 0 Å². The van der Waals surface area contributed by atoms with Crippen molar-refractivity contribution in [3.8, 4) is 22.4 Å². The highest BCUT2D eigenvalue weighted by Crippen LogP contribution is 2.45. The van der Waals surface area contributed by atoms with Crippen LogP contribution < -0.4 is 0 Å². The molecule has 0 saturated carbocycles. The van der Waals surface area contributed by atoms with Gasteiger partial charge in [0.2, 0.25) is 0 Å². The van der Waals surface area contributed by atoms with Gasteiger partial charge in [-0.1, -0.05) is 121 Å². The molecule has 2 heteroatoms. The summed E-state index contributed by atoms with van der Waals surface area (Å²) in [7, 11) is 0. The summed E-state index contributed by atoms with van der Waals surface area (Å²) >= 11 is 1.88. The zero-order valence-electron chi connectivity index (χ0n) is 24.3.